The summed E-state index contributed by atoms with van der Waals surface area (Å²) in [6.07, 6.45) is 3.85. The van der Waals surface area contributed by atoms with Gasteiger partial charge in [-0.05, 0) is 214 Å². The third-order valence-corrected chi connectivity index (χ3v) is 19.9. The number of fused-ring (bicyclic) bond motifs is 6. The highest BCUT2D eigenvalue weighted by Gasteiger charge is 2.23. The standard InChI is InChI=1S/C95H62N2/c1-61-18-17-54-96-94(61)71-41-33-65(34-42-71)77-49-52-85-88(60-77)92(79-46-38-63-20-12-14-28-74(63)57-79)87-59-76(48-51-84(87)91(85)78-45-37-62-19-11-13-27-73(62)56-78)64-31-39-67(40-32-64)80-53-55-97-95(93(80)70-25-9-4-10-26-70)72-43-35-66(36-44-72)75-47-50-83-86(58-75)90(69-23-7-3-8-24-69)82-30-16-15-29-81(82)89(83)68-21-5-2-6-22-68/h2-60H,1H3. The van der Waals surface area contributed by atoms with Crippen molar-refractivity contribution in [2.75, 3.05) is 0 Å². The van der Waals surface area contributed by atoms with Crippen molar-refractivity contribution in [2.24, 2.45) is 0 Å². The highest BCUT2D eigenvalue weighted by atomic mass is 14.7. The van der Waals surface area contributed by atoms with Gasteiger partial charge in [-0.1, -0.05) is 303 Å². The number of hydrogen-bond acceptors (Lipinski definition) is 2. The Morgan fingerprint density at radius 3 is 0.969 bits per heavy atom. The lowest BCUT2D eigenvalue weighted by atomic mass is 9.83. The number of benzene rings is 16. The van der Waals surface area contributed by atoms with Crippen LogP contribution in [0, 0.1) is 6.92 Å². The molecule has 0 saturated heterocycles. The summed E-state index contributed by atoms with van der Waals surface area (Å²) in [4.78, 5) is 9.97. The van der Waals surface area contributed by atoms with Gasteiger partial charge in [0.15, 0.2) is 0 Å². The Kier molecular flexibility index (Phi) is 14.2. The fourth-order valence-electron chi connectivity index (χ4n) is 15.2. The van der Waals surface area contributed by atoms with Crippen LogP contribution in [0.1, 0.15) is 5.56 Å². The topological polar surface area (TPSA) is 25.8 Å². The minimum atomic E-state index is 0.938. The van der Waals surface area contributed by atoms with Gasteiger partial charge in [0, 0.05) is 29.1 Å². The summed E-state index contributed by atoms with van der Waals surface area (Å²) in [6.45, 7) is 2.13. The fourth-order valence-corrected chi connectivity index (χ4v) is 15.2. The van der Waals surface area contributed by atoms with Crippen molar-refractivity contribution in [1.82, 2.24) is 9.97 Å². The molecular formula is C95H62N2. The van der Waals surface area contributed by atoms with E-state index in [9.17, 15) is 0 Å². The number of pyridine rings is 2. The van der Waals surface area contributed by atoms with Gasteiger partial charge in [-0.2, -0.15) is 0 Å². The molecule has 2 nitrogen and oxygen atoms in total. The number of rotatable bonds is 11. The monoisotopic (exact) mass is 1230 g/mol. The minimum Gasteiger partial charge on any atom is -0.256 e. The SMILES string of the molecule is Cc1cccnc1-c1ccc(-c2ccc3c(-c4ccc5ccccc5c4)c4ccc(-c5ccc(-c6ccnc(-c7ccc(-c8ccc9c(-c%10ccccc%10)c%10ccccc%10c(-c%10ccccc%10)c9c8)cc7)c6-c6ccccc6)cc5)cc4c(-c4ccc5ccccc5c4)c3c2)cc1. The van der Waals surface area contributed by atoms with Crippen LogP contribution >= 0.6 is 0 Å². The van der Waals surface area contributed by atoms with Gasteiger partial charge < -0.3 is 0 Å². The van der Waals surface area contributed by atoms with Gasteiger partial charge in [0.1, 0.15) is 0 Å². The van der Waals surface area contributed by atoms with E-state index < -0.39 is 0 Å². The van der Waals surface area contributed by atoms with Crippen LogP contribution in [0.4, 0.5) is 0 Å². The maximum atomic E-state index is 5.21. The van der Waals surface area contributed by atoms with Crippen LogP contribution in [0.25, 0.3) is 187 Å². The van der Waals surface area contributed by atoms with E-state index in [4.69, 9.17) is 9.97 Å². The van der Waals surface area contributed by atoms with Crippen LogP contribution in [-0.4, -0.2) is 9.97 Å². The second-order valence-corrected chi connectivity index (χ2v) is 25.5. The molecule has 0 spiro atoms. The molecule has 0 atom stereocenters. The fraction of sp³-hybridized carbons (Fsp3) is 0.0105. The third kappa shape index (κ3) is 10.2. The molecule has 18 aromatic rings. The summed E-state index contributed by atoms with van der Waals surface area (Å²) < 4.78 is 0. The van der Waals surface area contributed by atoms with Crippen molar-refractivity contribution >= 4 is 64.6 Å². The Labute approximate surface area is 564 Å². The first-order valence-corrected chi connectivity index (χ1v) is 33.4. The zero-order chi connectivity index (χ0) is 64.3. The van der Waals surface area contributed by atoms with Crippen LogP contribution < -0.4 is 0 Å². The minimum absolute atomic E-state index is 0.938. The largest absolute Gasteiger partial charge is 0.256 e. The Hall–Kier alpha value is -12.6. The maximum absolute atomic E-state index is 5.21. The molecule has 2 aromatic heterocycles. The Balaban J connectivity index is 0.757. The van der Waals surface area contributed by atoms with Gasteiger partial charge in [-0.15, -0.1) is 0 Å². The molecule has 0 saturated carbocycles. The molecule has 2 heteroatoms. The highest BCUT2D eigenvalue weighted by molar-refractivity contribution is 6.24. The summed E-state index contributed by atoms with van der Waals surface area (Å²) in [6, 6.07) is 127. The smallest absolute Gasteiger partial charge is 0.0786 e. The zero-order valence-corrected chi connectivity index (χ0v) is 53.5. The quantitative estimate of drug-likeness (QED) is 0.121. The van der Waals surface area contributed by atoms with Crippen LogP contribution in [0.3, 0.4) is 0 Å². The average Bonchev–Trinajstić information content (AvgIpc) is 0.732. The molecular weight excluding hydrogens is 1170 g/mol. The van der Waals surface area contributed by atoms with E-state index in [1.807, 2.05) is 18.5 Å². The lowest BCUT2D eigenvalue weighted by molar-refractivity contribution is 1.27. The van der Waals surface area contributed by atoms with Crippen molar-refractivity contribution in [3.05, 3.63) is 364 Å². The van der Waals surface area contributed by atoms with Crippen molar-refractivity contribution in [3.8, 4) is 123 Å². The molecule has 16 aromatic carbocycles. The molecule has 452 valence electrons. The molecule has 0 N–H and O–H groups in total. The van der Waals surface area contributed by atoms with Gasteiger partial charge in [-0.3, -0.25) is 9.97 Å². The number of hydrogen-bond donors (Lipinski definition) is 0. The summed E-state index contributed by atoms with van der Waals surface area (Å²) in [5, 5.41) is 14.6. The predicted octanol–water partition coefficient (Wildman–Crippen LogP) is 26.0. The van der Waals surface area contributed by atoms with Crippen molar-refractivity contribution in [1.29, 1.82) is 0 Å². The van der Waals surface area contributed by atoms with Gasteiger partial charge in [0.25, 0.3) is 0 Å². The van der Waals surface area contributed by atoms with E-state index in [0.29, 0.717) is 0 Å². The first kappa shape index (κ1) is 57.1. The average molecular weight is 1230 g/mol. The van der Waals surface area contributed by atoms with E-state index in [2.05, 4.69) is 347 Å². The lowest BCUT2D eigenvalue weighted by Crippen LogP contribution is -1.94. The van der Waals surface area contributed by atoms with Crippen LogP contribution in [0.5, 0.6) is 0 Å². The van der Waals surface area contributed by atoms with Crippen LogP contribution in [0.2, 0.25) is 0 Å². The van der Waals surface area contributed by atoms with E-state index in [1.165, 1.54) is 109 Å². The second-order valence-electron chi connectivity index (χ2n) is 25.5. The van der Waals surface area contributed by atoms with Crippen molar-refractivity contribution < 1.29 is 0 Å². The van der Waals surface area contributed by atoms with Gasteiger partial charge in [-0.25, -0.2) is 0 Å². The van der Waals surface area contributed by atoms with E-state index in [1.54, 1.807) is 0 Å². The normalized spacial score (nSPS) is 11.6. The van der Waals surface area contributed by atoms with Gasteiger partial charge in [0.05, 0.1) is 11.4 Å². The number of aryl methyl sites for hydroxylation is 1. The first-order valence-electron chi connectivity index (χ1n) is 33.4. The molecule has 0 fully saturated rings. The molecule has 0 bridgehead atoms. The van der Waals surface area contributed by atoms with Crippen LogP contribution in [-0.2, 0) is 0 Å². The maximum Gasteiger partial charge on any atom is 0.0786 e. The zero-order valence-electron chi connectivity index (χ0n) is 53.5. The summed E-state index contributed by atoms with van der Waals surface area (Å²) in [7, 11) is 0. The number of nitrogens with zero attached hydrogens (tertiary/aromatic N) is 2. The van der Waals surface area contributed by atoms with Crippen LogP contribution in [0.15, 0.2) is 358 Å². The van der Waals surface area contributed by atoms with Gasteiger partial charge >= 0.3 is 0 Å². The summed E-state index contributed by atoms with van der Waals surface area (Å²) in [5.74, 6) is 0. The number of aromatic nitrogens is 2. The third-order valence-electron chi connectivity index (χ3n) is 19.9. The molecule has 0 aliphatic carbocycles. The molecule has 2 heterocycles. The Morgan fingerprint density at radius 2 is 0.505 bits per heavy atom. The highest BCUT2D eigenvalue weighted by Crippen LogP contribution is 2.49. The van der Waals surface area contributed by atoms with Gasteiger partial charge in [0.2, 0.25) is 0 Å². The lowest BCUT2D eigenvalue weighted by Gasteiger charge is -2.20. The molecule has 0 amide bonds. The van der Waals surface area contributed by atoms with E-state index in [-0.39, 0.29) is 0 Å². The van der Waals surface area contributed by atoms with E-state index >= 15 is 0 Å². The Bertz CT molecular complexity index is 6080. The molecule has 0 aliphatic heterocycles. The van der Waals surface area contributed by atoms with E-state index in [0.717, 1.165) is 83.7 Å². The van der Waals surface area contributed by atoms with Crippen molar-refractivity contribution in [3.63, 3.8) is 0 Å². The Morgan fingerprint density at radius 1 is 0.175 bits per heavy atom. The first-order chi connectivity index (χ1) is 48.0. The molecule has 0 unspecified atom stereocenters. The molecule has 0 radical (unpaired) electrons. The molecule has 0 aliphatic rings. The van der Waals surface area contributed by atoms with Crippen molar-refractivity contribution in [2.45, 2.75) is 6.92 Å². The predicted molar refractivity (Wildman–Crippen MR) is 412 cm³/mol. The summed E-state index contributed by atoms with van der Waals surface area (Å²) in [5.41, 5.74) is 26.4. The second kappa shape index (κ2) is 24.1. The molecule has 97 heavy (non-hydrogen) atoms. The molecule has 18 rings (SSSR count). The summed E-state index contributed by atoms with van der Waals surface area (Å²) >= 11 is 0.